The second-order valence-corrected chi connectivity index (χ2v) is 6.81. The van der Waals surface area contributed by atoms with E-state index in [0.717, 1.165) is 32.5 Å². The first-order valence-electron chi connectivity index (χ1n) is 8.50. The molecule has 0 bridgehead atoms. The molecular formula is C19H28O4. The Labute approximate surface area is 139 Å². The quantitative estimate of drug-likeness (QED) is 0.531. The number of carbonyl (C=O) groups excluding carboxylic acids is 1. The van der Waals surface area contributed by atoms with Crippen molar-refractivity contribution in [3.05, 3.63) is 29.8 Å². The van der Waals surface area contributed by atoms with Gasteiger partial charge in [0.25, 0.3) is 0 Å². The lowest BCUT2D eigenvalue weighted by molar-refractivity contribution is -0.224. The molecule has 4 nitrogen and oxygen atoms in total. The predicted molar refractivity (Wildman–Crippen MR) is 89.9 cm³/mol. The van der Waals surface area contributed by atoms with Gasteiger partial charge in [-0.3, -0.25) is 4.79 Å². The summed E-state index contributed by atoms with van der Waals surface area (Å²) >= 11 is 0. The van der Waals surface area contributed by atoms with E-state index in [-0.39, 0.29) is 17.5 Å². The van der Waals surface area contributed by atoms with Gasteiger partial charge in [0.1, 0.15) is 5.75 Å². The van der Waals surface area contributed by atoms with Gasteiger partial charge in [-0.25, -0.2) is 0 Å². The highest BCUT2D eigenvalue weighted by Gasteiger charge is 2.27. The monoisotopic (exact) mass is 320 g/mol. The Hall–Kier alpha value is -1.39. The summed E-state index contributed by atoms with van der Waals surface area (Å²) in [5.74, 6) is 0.821. The van der Waals surface area contributed by atoms with E-state index >= 15 is 0 Å². The van der Waals surface area contributed by atoms with Gasteiger partial charge in [-0.05, 0) is 38.3 Å². The largest absolute Gasteiger partial charge is 0.493 e. The Morgan fingerprint density at radius 3 is 2.61 bits per heavy atom. The molecule has 128 valence electrons. The van der Waals surface area contributed by atoms with Gasteiger partial charge < -0.3 is 14.2 Å². The number of benzene rings is 1. The number of carbonyl (C=O) groups is 1. The van der Waals surface area contributed by atoms with Gasteiger partial charge in [0, 0.05) is 11.8 Å². The predicted octanol–water partition coefficient (Wildman–Crippen LogP) is 4.23. The van der Waals surface area contributed by atoms with Crippen LogP contribution in [0.5, 0.6) is 5.75 Å². The van der Waals surface area contributed by atoms with Crippen molar-refractivity contribution in [2.24, 2.45) is 5.41 Å². The van der Waals surface area contributed by atoms with Crippen LogP contribution in [0.4, 0.5) is 0 Å². The molecule has 0 atom stereocenters. The maximum absolute atomic E-state index is 12.3. The maximum atomic E-state index is 12.3. The zero-order chi connectivity index (χ0) is 16.7. The minimum atomic E-state index is -0.117. The van der Waals surface area contributed by atoms with Crippen LogP contribution < -0.4 is 4.74 Å². The molecule has 1 heterocycles. The summed E-state index contributed by atoms with van der Waals surface area (Å²) in [5, 5.41) is 0. The van der Waals surface area contributed by atoms with Gasteiger partial charge in [-0.15, -0.1) is 0 Å². The lowest BCUT2D eigenvalue weighted by Crippen LogP contribution is -2.37. The van der Waals surface area contributed by atoms with Crippen LogP contribution in [0.25, 0.3) is 0 Å². The molecule has 0 radical (unpaired) electrons. The van der Waals surface area contributed by atoms with E-state index in [2.05, 4.69) is 13.8 Å². The fourth-order valence-corrected chi connectivity index (χ4v) is 2.60. The molecule has 1 aliphatic heterocycles. The summed E-state index contributed by atoms with van der Waals surface area (Å²) in [6.07, 6.45) is 3.02. The third-order valence-electron chi connectivity index (χ3n) is 3.90. The number of ketones is 1. The van der Waals surface area contributed by atoms with Gasteiger partial charge in [0.15, 0.2) is 12.1 Å². The molecule has 0 aliphatic carbocycles. The zero-order valence-corrected chi connectivity index (χ0v) is 14.5. The molecule has 0 saturated carbocycles. The van der Waals surface area contributed by atoms with Crippen LogP contribution in [0, 0.1) is 5.41 Å². The number of hydrogen-bond donors (Lipinski definition) is 0. The smallest absolute Gasteiger partial charge is 0.166 e. The van der Waals surface area contributed by atoms with Crippen molar-refractivity contribution in [3.63, 3.8) is 0 Å². The summed E-state index contributed by atoms with van der Waals surface area (Å²) < 4.78 is 16.9. The first-order valence-corrected chi connectivity index (χ1v) is 8.50. The van der Waals surface area contributed by atoms with Gasteiger partial charge in [-0.1, -0.05) is 26.0 Å². The Morgan fingerprint density at radius 1 is 1.22 bits per heavy atom. The first-order chi connectivity index (χ1) is 11.0. The fourth-order valence-electron chi connectivity index (χ4n) is 2.60. The van der Waals surface area contributed by atoms with Crippen LogP contribution in [0.1, 0.15) is 56.8 Å². The van der Waals surface area contributed by atoms with Crippen LogP contribution in [0.15, 0.2) is 24.3 Å². The van der Waals surface area contributed by atoms with Crippen LogP contribution in [-0.4, -0.2) is 31.9 Å². The Kier molecular flexibility index (Phi) is 6.60. The molecule has 1 aliphatic rings. The molecule has 1 fully saturated rings. The molecule has 23 heavy (non-hydrogen) atoms. The maximum Gasteiger partial charge on any atom is 0.166 e. The second kappa shape index (κ2) is 8.46. The van der Waals surface area contributed by atoms with E-state index in [4.69, 9.17) is 14.2 Å². The molecule has 1 aromatic rings. The lowest BCUT2D eigenvalue weighted by Gasteiger charge is -2.34. The number of rotatable bonds is 8. The number of Topliss-reactive ketones (excluding diaryl/α,β-unsaturated/α-hetero) is 1. The molecule has 1 saturated heterocycles. The van der Waals surface area contributed by atoms with E-state index < -0.39 is 0 Å². The van der Waals surface area contributed by atoms with Crippen molar-refractivity contribution in [1.29, 1.82) is 0 Å². The van der Waals surface area contributed by atoms with Crippen molar-refractivity contribution in [2.45, 2.75) is 52.7 Å². The fraction of sp³-hybridized carbons (Fsp3) is 0.632. The third-order valence-corrected chi connectivity index (χ3v) is 3.90. The van der Waals surface area contributed by atoms with Crippen LogP contribution in [0.2, 0.25) is 0 Å². The van der Waals surface area contributed by atoms with E-state index in [0.29, 0.717) is 24.3 Å². The Balaban J connectivity index is 1.71. The number of hydrogen-bond acceptors (Lipinski definition) is 4. The van der Waals surface area contributed by atoms with E-state index in [9.17, 15) is 4.79 Å². The number of para-hydroxylation sites is 1. The van der Waals surface area contributed by atoms with Crippen LogP contribution in [0.3, 0.4) is 0 Å². The average molecular weight is 320 g/mol. The van der Waals surface area contributed by atoms with E-state index in [1.165, 1.54) is 0 Å². The molecule has 2 rings (SSSR count). The van der Waals surface area contributed by atoms with Gasteiger partial charge in [0.05, 0.1) is 25.4 Å². The zero-order valence-electron chi connectivity index (χ0n) is 14.5. The van der Waals surface area contributed by atoms with Crippen molar-refractivity contribution >= 4 is 5.78 Å². The van der Waals surface area contributed by atoms with Gasteiger partial charge >= 0.3 is 0 Å². The minimum Gasteiger partial charge on any atom is -0.493 e. The first kappa shape index (κ1) is 18.0. The molecule has 0 spiro atoms. The normalized spacial score (nSPS) is 17.9. The average Bonchev–Trinajstić information content (AvgIpc) is 2.53. The summed E-state index contributed by atoms with van der Waals surface area (Å²) in [6.45, 7) is 8.23. The SMILES string of the molecule is CCOc1ccccc1C(=O)CCCCC1OCC(C)(C)CO1. The van der Waals surface area contributed by atoms with E-state index in [1.54, 1.807) is 0 Å². The highest BCUT2D eigenvalue weighted by atomic mass is 16.7. The molecule has 0 amide bonds. The number of ether oxygens (including phenoxy) is 3. The Bertz CT molecular complexity index is 500. The molecular weight excluding hydrogens is 292 g/mol. The standard InChI is InChI=1S/C19H28O4/c1-4-21-17-11-7-5-9-15(17)16(20)10-6-8-12-18-22-13-19(2,3)14-23-18/h5,7,9,11,18H,4,6,8,10,12-14H2,1-3H3. The molecule has 0 aromatic heterocycles. The van der Waals surface area contributed by atoms with Crippen LogP contribution in [-0.2, 0) is 9.47 Å². The Morgan fingerprint density at radius 2 is 1.91 bits per heavy atom. The highest BCUT2D eigenvalue weighted by Crippen LogP contribution is 2.25. The van der Waals surface area contributed by atoms with Crippen molar-refractivity contribution in [2.75, 3.05) is 19.8 Å². The second-order valence-electron chi connectivity index (χ2n) is 6.81. The number of unbranched alkanes of at least 4 members (excludes halogenated alkanes) is 1. The van der Waals surface area contributed by atoms with Crippen LogP contribution >= 0.6 is 0 Å². The molecule has 1 aromatic carbocycles. The summed E-state index contributed by atoms with van der Waals surface area (Å²) in [6, 6.07) is 7.45. The molecule has 0 N–H and O–H groups in total. The summed E-state index contributed by atoms with van der Waals surface area (Å²) in [7, 11) is 0. The minimum absolute atomic E-state index is 0.107. The summed E-state index contributed by atoms with van der Waals surface area (Å²) in [5.41, 5.74) is 0.788. The molecule has 0 unspecified atom stereocenters. The third kappa shape index (κ3) is 5.63. The lowest BCUT2D eigenvalue weighted by atomic mass is 9.95. The molecule has 4 heteroatoms. The van der Waals surface area contributed by atoms with Crippen molar-refractivity contribution in [1.82, 2.24) is 0 Å². The van der Waals surface area contributed by atoms with Gasteiger partial charge in [-0.2, -0.15) is 0 Å². The van der Waals surface area contributed by atoms with E-state index in [1.807, 2.05) is 31.2 Å². The van der Waals surface area contributed by atoms with Crippen molar-refractivity contribution < 1.29 is 19.0 Å². The topological polar surface area (TPSA) is 44.8 Å². The highest BCUT2D eigenvalue weighted by molar-refractivity contribution is 5.98. The van der Waals surface area contributed by atoms with Gasteiger partial charge in [0.2, 0.25) is 0 Å². The van der Waals surface area contributed by atoms with Crippen molar-refractivity contribution in [3.8, 4) is 5.75 Å². The summed E-state index contributed by atoms with van der Waals surface area (Å²) in [4.78, 5) is 12.3.